The molecule has 23 heavy (non-hydrogen) atoms. The summed E-state index contributed by atoms with van der Waals surface area (Å²) in [6.45, 7) is 3.87. The quantitative estimate of drug-likeness (QED) is 0.665. The molecule has 7 heteroatoms. The molecule has 1 fully saturated rings. The monoisotopic (exact) mass is 312 g/mol. The Labute approximate surface area is 134 Å². The third-order valence-corrected chi connectivity index (χ3v) is 3.70. The van der Waals surface area contributed by atoms with E-state index in [1.165, 1.54) is 0 Å². The first-order valence-corrected chi connectivity index (χ1v) is 7.59. The average molecular weight is 312 g/mol. The molecule has 3 rings (SSSR count). The molecule has 1 amide bonds. The van der Waals surface area contributed by atoms with Gasteiger partial charge in [-0.05, 0) is 37.6 Å². The third-order valence-electron chi connectivity index (χ3n) is 3.70. The number of nitrogens with one attached hydrogen (secondary N) is 3. The Morgan fingerprint density at radius 3 is 3.00 bits per heavy atom. The molecule has 0 spiro atoms. The number of benzene rings is 1. The maximum absolute atomic E-state index is 11.6. The van der Waals surface area contributed by atoms with Gasteiger partial charge in [-0.3, -0.25) is 4.79 Å². The molecule has 1 atom stereocenters. The molecule has 1 aromatic heterocycles. The van der Waals surface area contributed by atoms with Crippen molar-refractivity contribution in [3.8, 4) is 0 Å². The maximum atomic E-state index is 11.6. The third kappa shape index (κ3) is 3.75. The fourth-order valence-electron chi connectivity index (χ4n) is 2.57. The minimum absolute atomic E-state index is 0.126. The summed E-state index contributed by atoms with van der Waals surface area (Å²) in [6, 6.07) is 8.11. The molecule has 0 aliphatic carbocycles. The molecule has 1 unspecified atom stereocenters. The molecule has 7 nitrogen and oxygen atoms in total. The van der Waals surface area contributed by atoms with E-state index in [9.17, 15) is 4.79 Å². The lowest BCUT2D eigenvalue weighted by Gasteiger charge is -2.14. The predicted molar refractivity (Wildman–Crippen MR) is 89.9 cm³/mol. The van der Waals surface area contributed by atoms with Gasteiger partial charge in [-0.1, -0.05) is 12.1 Å². The molecular weight excluding hydrogens is 292 g/mol. The minimum Gasteiger partial charge on any atom is -0.365 e. The second kappa shape index (κ2) is 6.62. The highest BCUT2D eigenvalue weighted by molar-refractivity contribution is 5.96. The van der Waals surface area contributed by atoms with Crippen molar-refractivity contribution in [3.05, 3.63) is 41.7 Å². The van der Waals surface area contributed by atoms with Crippen LogP contribution < -0.4 is 21.7 Å². The van der Waals surface area contributed by atoms with Gasteiger partial charge in [0.2, 0.25) is 0 Å². The highest BCUT2D eigenvalue weighted by Gasteiger charge is 2.17. The summed E-state index contributed by atoms with van der Waals surface area (Å²) in [4.78, 5) is 20.2. The maximum Gasteiger partial charge on any atom is 0.271 e. The summed E-state index contributed by atoms with van der Waals surface area (Å²) < 4.78 is 0. The summed E-state index contributed by atoms with van der Waals surface area (Å²) in [5.41, 5.74) is 7.47. The number of aryl methyl sites for hydroxylation is 1. The van der Waals surface area contributed by atoms with E-state index in [1.807, 2.05) is 31.2 Å². The Bertz CT molecular complexity index is 711. The number of hydrogen-bond donors (Lipinski definition) is 4. The predicted octanol–water partition coefficient (Wildman–Crippen LogP) is 1.40. The Hall–Kier alpha value is -2.67. The lowest BCUT2D eigenvalue weighted by Crippen LogP contribution is -2.24. The van der Waals surface area contributed by atoms with Crippen LogP contribution in [0.1, 0.15) is 22.5 Å². The van der Waals surface area contributed by atoms with Crippen LogP contribution in [0.5, 0.6) is 0 Å². The van der Waals surface area contributed by atoms with Crippen LogP contribution in [0.25, 0.3) is 0 Å². The van der Waals surface area contributed by atoms with Crippen LogP contribution in [0.15, 0.2) is 30.5 Å². The van der Waals surface area contributed by atoms with Gasteiger partial charge < -0.3 is 21.7 Å². The van der Waals surface area contributed by atoms with Crippen LogP contribution in [0, 0.1) is 6.92 Å². The smallest absolute Gasteiger partial charge is 0.271 e. The van der Waals surface area contributed by atoms with E-state index in [0.29, 0.717) is 17.7 Å². The second-order valence-corrected chi connectivity index (χ2v) is 5.65. The van der Waals surface area contributed by atoms with E-state index in [2.05, 4.69) is 25.9 Å². The number of carbonyl (C=O) groups excluding carboxylic acids is 1. The molecule has 1 aromatic carbocycles. The zero-order valence-electron chi connectivity index (χ0n) is 13.0. The molecule has 120 valence electrons. The molecule has 1 aliphatic heterocycles. The molecule has 2 aromatic rings. The van der Waals surface area contributed by atoms with Gasteiger partial charge in [0.1, 0.15) is 5.82 Å². The van der Waals surface area contributed by atoms with Gasteiger partial charge in [0.05, 0.1) is 6.20 Å². The number of aromatic nitrogens is 2. The number of nitrogens with two attached hydrogens (primary N) is 1. The lowest BCUT2D eigenvalue weighted by molar-refractivity contribution is 0.0996. The first-order chi connectivity index (χ1) is 11.1. The summed E-state index contributed by atoms with van der Waals surface area (Å²) in [5, 5.41) is 9.73. The van der Waals surface area contributed by atoms with Crippen molar-refractivity contribution in [1.29, 1.82) is 0 Å². The highest BCUT2D eigenvalue weighted by Crippen LogP contribution is 2.20. The van der Waals surface area contributed by atoms with Gasteiger partial charge in [-0.25, -0.2) is 9.97 Å². The summed E-state index contributed by atoms with van der Waals surface area (Å²) >= 11 is 0. The van der Waals surface area contributed by atoms with E-state index in [0.717, 1.165) is 30.8 Å². The Kier molecular flexibility index (Phi) is 4.38. The minimum atomic E-state index is -0.610. The van der Waals surface area contributed by atoms with Gasteiger partial charge >= 0.3 is 0 Å². The van der Waals surface area contributed by atoms with Crippen molar-refractivity contribution in [2.24, 2.45) is 5.73 Å². The van der Waals surface area contributed by atoms with Crippen LogP contribution in [0.4, 0.5) is 17.3 Å². The van der Waals surface area contributed by atoms with Gasteiger partial charge in [0, 0.05) is 18.3 Å². The van der Waals surface area contributed by atoms with Gasteiger partial charge in [-0.2, -0.15) is 0 Å². The Morgan fingerprint density at radius 2 is 2.30 bits per heavy atom. The molecule has 0 bridgehead atoms. The zero-order chi connectivity index (χ0) is 16.2. The zero-order valence-corrected chi connectivity index (χ0v) is 13.0. The summed E-state index contributed by atoms with van der Waals surface area (Å²) in [6.07, 6.45) is 2.57. The largest absolute Gasteiger partial charge is 0.365 e. The van der Waals surface area contributed by atoms with E-state index >= 15 is 0 Å². The van der Waals surface area contributed by atoms with E-state index in [4.69, 9.17) is 5.73 Å². The molecule has 5 N–H and O–H groups in total. The molecule has 0 radical (unpaired) electrons. The molecular formula is C16H20N6O. The van der Waals surface area contributed by atoms with Crippen LogP contribution in [-0.4, -0.2) is 35.0 Å². The highest BCUT2D eigenvalue weighted by atomic mass is 16.1. The fourth-order valence-corrected chi connectivity index (χ4v) is 2.57. The first-order valence-electron chi connectivity index (χ1n) is 7.59. The second-order valence-electron chi connectivity index (χ2n) is 5.65. The van der Waals surface area contributed by atoms with Crippen LogP contribution >= 0.6 is 0 Å². The number of primary amides is 1. The van der Waals surface area contributed by atoms with Crippen LogP contribution in [-0.2, 0) is 0 Å². The Morgan fingerprint density at radius 1 is 1.43 bits per heavy atom. The summed E-state index contributed by atoms with van der Waals surface area (Å²) in [7, 11) is 0. The molecule has 1 aliphatic rings. The van der Waals surface area contributed by atoms with E-state index in [1.54, 1.807) is 6.20 Å². The number of amides is 1. The number of rotatable bonds is 5. The van der Waals surface area contributed by atoms with Crippen LogP contribution in [0.2, 0.25) is 0 Å². The topological polar surface area (TPSA) is 105 Å². The summed E-state index contributed by atoms with van der Waals surface area (Å²) in [5.74, 6) is 0.375. The van der Waals surface area contributed by atoms with Gasteiger partial charge in [-0.15, -0.1) is 0 Å². The van der Waals surface area contributed by atoms with Gasteiger partial charge in [0.25, 0.3) is 5.91 Å². The molecule has 2 heterocycles. The number of hydrogen-bond acceptors (Lipinski definition) is 6. The van der Waals surface area contributed by atoms with E-state index in [-0.39, 0.29) is 5.69 Å². The van der Waals surface area contributed by atoms with Crippen molar-refractivity contribution in [1.82, 2.24) is 15.3 Å². The first kappa shape index (κ1) is 15.2. The van der Waals surface area contributed by atoms with Crippen molar-refractivity contribution < 1.29 is 4.79 Å². The molecule has 0 saturated carbocycles. The standard InChI is InChI=1S/C16H20N6O/c1-10-3-2-4-11(7-10)21-16-14(15(17)23)19-9-13(22-16)20-12-5-6-18-8-12/h2-4,7,9,12,18H,5-6,8H2,1H3,(H2,17,23)(H2,20,21,22). The van der Waals surface area contributed by atoms with Crippen molar-refractivity contribution in [2.75, 3.05) is 23.7 Å². The van der Waals surface area contributed by atoms with E-state index < -0.39 is 5.91 Å². The number of anilines is 3. The fraction of sp³-hybridized carbons (Fsp3) is 0.312. The lowest BCUT2D eigenvalue weighted by atomic mass is 10.2. The number of nitrogens with zero attached hydrogens (tertiary/aromatic N) is 2. The van der Waals surface area contributed by atoms with Crippen molar-refractivity contribution >= 4 is 23.2 Å². The molecule has 1 saturated heterocycles. The van der Waals surface area contributed by atoms with Crippen molar-refractivity contribution in [2.45, 2.75) is 19.4 Å². The SMILES string of the molecule is Cc1cccc(Nc2nc(NC3CCNC3)cnc2C(N)=O)c1. The van der Waals surface area contributed by atoms with Gasteiger partial charge in [0.15, 0.2) is 11.5 Å². The Balaban J connectivity index is 1.86. The number of carbonyl (C=O) groups is 1. The average Bonchev–Trinajstić information content (AvgIpc) is 3.00. The normalized spacial score (nSPS) is 17.0. The van der Waals surface area contributed by atoms with Crippen molar-refractivity contribution in [3.63, 3.8) is 0 Å². The van der Waals surface area contributed by atoms with Crippen LogP contribution in [0.3, 0.4) is 0 Å².